The van der Waals surface area contributed by atoms with Crippen LogP contribution < -0.4 is 0 Å². The second-order valence-electron chi connectivity index (χ2n) is 2.49. The molecule has 0 aliphatic heterocycles. The van der Waals surface area contributed by atoms with Gasteiger partial charge in [0.2, 0.25) is 0 Å². The van der Waals surface area contributed by atoms with Crippen LogP contribution >= 0.6 is 0 Å². The molecule has 0 N–H and O–H groups in total. The number of rotatable bonds is 4. The van der Waals surface area contributed by atoms with Gasteiger partial charge in [0.05, 0.1) is 18.2 Å². The van der Waals surface area contributed by atoms with E-state index in [4.69, 9.17) is 10.00 Å². The summed E-state index contributed by atoms with van der Waals surface area (Å²) in [5.74, 6) is 0. The fourth-order valence-corrected chi connectivity index (χ4v) is 0.956. The van der Waals surface area contributed by atoms with Gasteiger partial charge in [-0.25, -0.2) is 0 Å². The van der Waals surface area contributed by atoms with Crippen LogP contribution in [0.2, 0.25) is 0 Å². The summed E-state index contributed by atoms with van der Waals surface area (Å²) in [7, 11) is 0. The Balaban J connectivity index is 2.57. The Morgan fingerprint density at radius 2 is 2.38 bits per heavy atom. The van der Waals surface area contributed by atoms with Crippen molar-refractivity contribution in [2.75, 3.05) is 6.61 Å². The third-order valence-corrected chi connectivity index (χ3v) is 1.51. The summed E-state index contributed by atoms with van der Waals surface area (Å²) in [5.41, 5.74) is 1.51. The minimum Gasteiger partial charge on any atom is -0.369 e. The lowest BCUT2D eigenvalue weighted by molar-refractivity contribution is -0.112. The van der Waals surface area contributed by atoms with E-state index < -0.39 is 0 Å². The smallest absolute Gasteiger partial charge is 0.145 e. The number of nitriles is 1. The third kappa shape index (κ3) is 3.06. The van der Waals surface area contributed by atoms with Crippen LogP contribution in [-0.2, 0) is 16.1 Å². The normalized spacial score (nSPS) is 9.15. The van der Waals surface area contributed by atoms with Crippen LogP contribution in [0.25, 0.3) is 0 Å². The van der Waals surface area contributed by atoms with Crippen molar-refractivity contribution < 1.29 is 9.53 Å². The van der Waals surface area contributed by atoms with Crippen LogP contribution in [0, 0.1) is 11.3 Å². The first-order chi connectivity index (χ1) is 6.36. The monoisotopic (exact) mass is 175 g/mol. The highest BCUT2D eigenvalue weighted by molar-refractivity contribution is 5.50. The van der Waals surface area contributed by atoms with E-state index in [0.717, 1.165) is 5.56 Å². The van der Waals surface area contributed by atoms with Crippen molar-refractivity contribution in [2.24, 2.45) is 0 Å². The summed E-state index contributed by atoms with van der Waals surface area (Å²) in [6, 6.07) is 9.14. The number of carbonyl (C=O) groups is 1. The van der Waals surface area contributed by atoms with Crippen molar-refractivity contribution in [3.05, 3.63) is 35.4 Å². The van der Waals surface area contributed by atoms with Crippen LogP contribution in [0.3, 0.4) is 0 Å². The summed E-state index contributed by atoms with van der Waals surface area (Å²) >= 11 is 0. The highest BCUT2D eigenvalue weighted by atomic mass is 16.5. The summed E-state index contributed by atoms with van der Waals surface area (Å²) in [4.78, 5) is 9.94. The van der Waals surface area contributed by atoms with Gasteiger partial charge >= 0.3 is 0 Å². The van der Waals surface area contributed by atoms with Gasteiger partial charge in [-0.3, -0.25) is 0 Å². The first-order valence-corrected chi connectivity index (χ1v) is 3.87. The third-order valence-electron chi connectivity index (χ3n) is 1.51. The van der Waals surface area contributed by atoms with Gasteiger partial charge in [0.25, 0.3) is 0 Å². The molecule has 0 radical (unpaired) electrons. The van der Waals surface area contributed by atoms with Crippen LogP contribution in [0.5, 0.6) is 0 Å². The summed E-state index contributed by atoms with van der Waals surface area (Å²) in [5, 5.41) is 8.59. The average molecular weight is 175 g/mol. The van der Waals surface area contributed by atoms with Crippen LogP contribution in [0.15, 0.2) is 24.3 Å². The molecule has 1 rings (SSSR count). The molecule has 66 valence electrons. The molecule has 0 aromatic heterocycles. The maximum atomic E-state index is 9.94. The van der Waals surface area contributed by atoms with E-state index in [0.29, 0.717) is 18.5 Å². The molecule has 0 saturated carbocycles. The van der Waals surface area contributed by atoms with Gasteiger partial charge in [0.1, 0.15) is 12.9 Å². The van der Waals surface area contributed by atoms with E-state index in [-0.39, 0.29) is 6.61 Å². The summed E-state index contributed by atoms with van der Waals surface area (Å²) in [6.07, 6.45) is 0.703. The van der Waals surface area contributed by atoms with E-state index in [2.05, 4.69) is 0 Å². The molecule has 0 atom stereocenters. The molecular weight excluding hydrogens is 166 g/mol. The lowest BCUT2D eigenvalue weighted by Crippen LogP contribution is -1.95. The average Bonchev–Trinajstić information content (AvgIpc) is 2.19. The minimum atomic E-state index is 0.0940. The van der Waals surface area contributed by atoms with Crippen molar-refractivity contribution in [1.82, 2.24) is 0 Å². The maximum absolute atomic E-state index is 9.94. The van der Waals surface area contributed by atoms with Crippen LogP contribution in [0.4, 0.5) is 0 Å². The molecule has 0 saturated heterocycles. The number of nitrogens with zero attached hydrogens (tertiary/aromatic N) is 1. The van der Waals surface area contributed by atoms with Crippen LogP contribution in [-0.4, -0.2) is 12.9 Å². The number of hydrogen-bond donors (Lipinski definition) is 0. The first-order valence-electron chi connectivity index (χ1n) is 3.87. The number of benzene rings is 1. The predicted octanol–water partition coefficient (Wildman–Crippen LogP) is 1.27. The highest BCUT2D eigenvalue weighted by Crippen LogP contribution is 2.04. The predicted molar refractivity (Wildman–Crippen MR) is 46.9 cm³/mol. The Kier molecular flexibility index (Phi) is 3.68. The molecular formula is C10H9NO2. The lowest BCUT2D eigenvalue weighted by atomic mass is 10.1. The van der Waals surface area contributed by atoms with E-state index in [1.807, 2.05) is 12.1 Å². The summed E-state index contributed by atoms with van der Waals surface area (Å²) < 4.78 is 4.99. The zero-order chi connectivity index (χ0) is 9.52. The fraction of sp³-hybridized carbons (Fsp3) is 0.200. The lowest BCUT2D eigenvalue weighted by Gasteiger charge is -2.00. The second-order valence-corrected chi connectivity index (χ2v) is 2.49. The molecule has 3 heteroatoms. The van der Waals surface area contributed by atoms with Crippen molar-refractivity contribution >= 4 is 6.29 Å². The molecule has 0 fully saturated rings. The fourth-order valence-electron chi connectivity index (χ4n) is 0.956. The van der Waals surface area contributed by atoms with E-state index in [9.17, 15) is 4.79 Å². The standard InChI is InChI=1S/C10H9NO2/c11-7-9-2-1-3-10(6-9)8-13-5-4-12/h1-4,6H,5,8H2. The Bertz CT molecular complexity index is 328. The van der Waals surface area contributed by atoms with E-state index in [1.54, 1.807) is 18.2 Å². The van der Waals surface area contributed by atoms with Gasteiger partial charge in [-0.05, 0) is 17.7 Å². The molecule has 0 amide bonds. The number of aldehydes is 1. The molecule has 1 aromatic rings. The van der Waals surface area contributed by atoms with Gasteiger partial charge in [-0.1, -0.05) is 12.1 Å². The maximum Gasteiger partial charge on any atom is 0.145 e. The molecule has 0 heterocycles. The zero-order valence-corrected chi connectivity index (χ0v) is 7.06. The molecule has 0 spiro atoms. The molecule has 0 aliphatic carbocycles. The number of hydrogen-bond acceptors (Lipinski definition) is 3. The molecule has 0 aliphatic rings. The first kappa shape index (κ1) is 9.43. The van der Waals surface area contributed by atoms with Gasteiger partial charge < -0.3 is 9.53 Å². The van der Waals surface area contributed by atoms with Gasteiger partial charge in [0.15, 0.2) is 0 Å². The second kappa shape index (κ2) is 5.07. The number of ether oxygens (including phenoxy) is 1. The van der Waals surface area contributed by atoms with Crippen molar-refractivity contribution in [1.29, 1.82) is 5.26 Å². The quantitative estimate of drug-likeness (QED) is 0.511. The largest absolute Gasteiger partial charge is 0.369 e. The highest BCUT2D eigenvalue weighted by Gasteiger charge is 1.94. The number of carbonyl (C=O) groups excluding carboxylic acids is 1. The molecule has 0 bridgehead atoms. The van der Waals surface area contributed by atoms with E-state index in [1.165, 1.54) is 0 Å². The Hall–Kier alpha value is -1.66. The molecule has 13 heavy (non-hydrogen) atoms. The van der Waals surface area contributed by atoms with Gasteiger partial charge in [0, 0.05) is 0 Å². The molecule has 0 unspecified atom stereocenters. The van der Waals surface area contributed by atoms with Crippen molar-refractivity contribution in [3.8, 4) is 6.07 Å². The van der Waals surface area contributed by atoms with Crippen molar-refractivity contribution in [2.45, 2.75) is 6.61 Å². The van der Waals surface area contributed by atoms with Crippen LogP contribution in [0.1, 0.15) is 11.1 Å². The van der Waals surface area contributed by atoms with Crippen molar-refractivity contribution in [3.63, 3.8) is 0 Å². The molecule has 3 nitrogen and oxygen atoms in total. The Morgan fingerprint density at radius 3 is 3.08 bits per heavy atom. The Labute approximate surface area is 76.6 Å². The van der Waals surface area contributed by atoms with Gasteiger partial charge in [-0.2, -0.15) is 5.26 Å². The van der Waals surface area contributed by atoms with E-state index >= 15 is 0 Å². The zero-order valence-electron chi connectivity index (χ0n) is 7.06. The van der Waals surface area contributed by atoms with Gasteiger partial charge in [-0.15, -0.1) is 0 Å². The molecule has 1 aromatic carbocycles. The topological polar surface area (TPSA) is 50.1 Å². The SMILES string of the molecule is N#Cc1cccc(COCC=O)c1. The Morgan fingerprint density at radius 1 is 1.54 bits per heavy atom. The minimum absolute atomic E-state index is 0.0940. The summed E-state index contributed by atoms with van der Waals surface area (Å²) in [6.45, 7) is 0.463.